The highest BCUT2D eigenvalue weighted by atomic mass is 16.5. The van der Waals surface area contributed by atoms with E-state index in [1.165, 1.54) is 26.4 Å². The molecule has 1 aromatic heterocycles. The standard InChI is InChI=1S/C39H40N2O3/c1-44-38(43)35(26-29-16-6-2-7-17-29)37(42)34-25-15-14-24-33(34)36-27-41(28-40-36)39(30-18-8-3-9-19-30,31-20-10-4-11-21-31)32-22-12-5-13-23-32/h3-5,8-15,18-25,27-29,35,37,42H,2,6-7,16-17,26H2,1H3. The van der Waals surface area contributed by atoms with Crippen LogP contribution >= 0.6 is 0 Å². The van der Waals surface area contributed by atoms with Gasteiger partial charge in [-0.05, 0) is 34.6 Å². The van der Waals surface area contributed by atoms with E-state index in [4.69, 9.17) is 9.72 Å². The van der Waals surface area contributed by atoms with Crippen molar-refractivity contribution >= 4 is 5.97 Å². The van der Waals surface area contributed by atoms with Gasteiger partial charge in [0.1, 0.15) is 5.54 Å². The minimum Gasteiger partial charge on any atom is -0.469 e. The molecule has 1 fully saturated rings. The lowest BCUT2D eigenvalue weighted by molar-refractivity contribution is -0.150. The largest absolute Gasteiger partial charge is 0.469 e. The van der Waals surface area contributed by atoms with Crippen LogP contribution < -0.4 is 0 Å². The van der Waals surface area contributed by atoms with Crippen molar-refractivity contribution in [2.75, 3.05) is 7.11 Å². The Morgan fingerprint density at radius 2 is 1.34 bits per heavy atom. The molecule has 1 saturated carbocycles. The van der Waals surface area contributed by atoms with Crippen LogP contribution in [0.1, 0.15) is 66.9 Å². The van der Waals surface area contributed by atoms with Gasteiger partial charge in [0.05, 0.1) is 31.2 Å². The minimum atomic E-state index is -1.01. The molecule has 6 rings (SSSR count). The van der Waals surface area contributed by atoms with Crippen molar-refractivity contribution in [3.05, 3.63) is 150 Å². The lowest BCUT2D eigenvalue weighted by atomic mass is 9.76. The number of hydrogen-bond donors (Lipinski definition) is 1. The van der Waals surface area contributed by atoms with Gasteiger partial charge in [0.25, 0.3) is 0 Å². The molecule has 5 aromatic rings. The summed E-state index contributed by atoms with van der Waals surface area (Å²) >= 11 is 0. The highest BCUT2D eigenvalue weighted by molar-refractivity contribution is 5.74. The van der Waals surface area contributed by atoms with E-state index in [0.29, 0.717) is 17.9 Å². The van der Waals surface area contributed by atoms with Crippen molar-refractivity contribution in [3.63, 3.8) is 0 Å². The van der Waals surface area contributed by atoms with Gasteiger partial charge in [0, 0.05) is 11.8 Å². The third kappa shape index (κ3) is 5.72. The highest BCUT2D eigenvalue weighted by Gasteiger charge is 2.39. The quantitative estimate of drug-likeness (QED) is 0.133. The van der Waals surface area contributed by atoms with Crippen molar-refractivity contribution < 1.29 is 14.6 Å². The fourth-order valence-corrected chi connectivity index (χ4v) is 7.12. The van der Waals surface area contributed by atoms with E-state index < -0.39 is 17.6 Å². The van der Waals surface area contributed by atoms with E-state index in [-0.39, 0.29) is 5.97 Å². The van der Waals surface area contributed by atoms with Crippen molar-refractivity contribution in [1.29, 1.82) is 0 Å². The average molecular weight is 585 g/mol. The maximum atomic E-state index is 13.1. The van der Waals surface area contributed by atoms with Gasteiger partial charge in [-0.15, -0.1) is 0 Å². The first-order valence-corrected chi connectivity index (χ1v) is 15.7. The van der Waals surface area contributed by atoms with Crippen molar-refractivity contribution in [2.24, 2.45) is 11.8 Å². The molecule has 44 heavy (non-hydrogen) atoms. The first-order valence-electron chi connectivity index (χ1n) is 15.7. The molecule has 4 aromatic carbocycles. The van der Waals surface area contributed by atoms with Gasteiger partial charge < -0.3 is 14.4 Å². The Hall–Kier alpha value is -4.48. The molecule has 0 spiro atoms. The number of aromatic nitrogens is 2. The molecular formula is C39H40N2O3. The summed E-state index contributed by atoms with van der Waals surface area (Å²) in [7, 11) is 1.41. The van der Waals surface area contributed by atoms with Crippen LogP contribution in [0.15, 0.2) is 128 Å². The monoisotopic (exact) mass is 584 g/mol. The zero-order valence-corrected chi connectivity index (χ0v) is 25.3. The Morgan fingerprint density at radius 1 is 0.818 bits per heavy atom. The number of esters is 1. The maximum absolute atomic E-state index is 13.1. The molecule has 1 aliphatic rings. The molecule has 1 aliphatic carbocycles. The number of carbonyl (C=O) groups excluding carboxylic acids is 1. The summed E-state index contributed by atoms with van der Waals surface area (Å²) in [5.74, 6) is -0.583. The number of aliphatic hydroxyl groups is 1. The average Bonchev–Trinajstić information content (AvgIpc) is 3.59. The number of nitrogens with zero attached hydrogens (tertiary/aromatic N) is 2. The third-order valence-corrected chi connectivity index (χ3v) is 9.30. The summed E-state index contributed by atoms with van der Waals surface area (Å²) < 4.78 is 7.39. The second kappa shape index (κ2) is 13.4. The molecule has 5 heteroatoms. The van der Waals surface area contributed by atoms with E-state index >= 15 is 0 Å². The molecule has 224 valence electrons. The minimum absolute atomic E-state index is 0.361. The number of ether oxygens (including phenoxy) is 1. The summed E-state index contributed by atoms with van der Waals surface area (Å²) in [6.07, 6.45) is 9.33. The fraction of sp³-hybridized carbons (Fsp3) is 0.282. The summed E-state index contributed by atoms with van der Waals surface area (Å²) in [4.78, 5) is 18.0. The van der Waals surface area contributed by atoms with E-state index in [2.05, 4.69) is 83.6 Å². The van der Waals surface area contributed by atoms with Gasteiger partial charge in [-0.3, -0.25) is 4.79 Å². The first-order chi connectivity index (χ1) is 21.6. The van der Waals surface area contributed by atoms with Crippen molar-refractivity contribution in [2.45, 2.75) is 50.2 Å². The predicted octanol–water partition coefficient (Wildman–Crippen LogP) is 8.18. The summed E-state index contributed by atoms with van der Waals surface area (Å²) in [6, 6.07) is 39.2. The summed E-state index contributed by atoms with van der Waals surface area (Å²) in [5, 5.41) is 11.8. The van der Waals surface area contributed by atoms with Crippen LogP contribution in [-0.2, 0) is 15.1 Å². The zero-order chi connectivity index (χ0) is 30.4. The Bertz CT molecular complexity index is 1550. The molecule has 1 N–H and O–H groups in total. The number of benzene rings is 4. The van der Waals surface area contributed by atoms with Gasteiger partial charge in [0.15, 0.2) is 0 Å². The number of aliphatic hydroxyl groups excluding tert-OH is 1. The molecular weight excluding hydrogens is 544 g/mol. The lowest BCUT2D eigenvalue weighted by Crippen LogP contribution is -2.36. The Labute approximate surface area is 260 Å². The maximum Gasteiger partial charge on any atom is 0.311 e. The molecule has 5 nitrogen and oxygen atoms in total. The molecule has 0 bridgehead atoms. The molecule has 0 saturated heterocycles. The Morgan fingerprint density at radius 3 is 1.89 bits per heavy atom. The van der Waals surface area contributed by atoms with Crippen LogP contribution in [0.4, 0.5) is 0 Å². The predicted molar refractivity (Wildman–Crippen MR) is 174 cm³/mol. The van der Waals surface area contributed by atoms with Gasteiger partial charge in [-0.2, -0.15) is 0 Å². The second-order valence-electron chi connectivity index (χ2n) is 11.9. The molecule has 1 heterocycles. The number of imidazole rings is 1. The number of rotatable bonds is 10. The summed E-state index contributed by atoms with van der Waals surface area (Å²) in [5.41, 5.74) is 4.84. The van der Waals surface area contributed by atoms with Crippen LogP contribution in [0.3, 0.4) is 0 Å². The van der Waals surface area contributed by atoms with Crippen LogP contribution in [-0.4, -0.2) is 27.7 Å². The first kappa shape index (κ1) is 29.6. The van der Waals surface area contributed by atoms with E-state index in [0.717, 1.165) is 40.8 Å². The fourth-order valence-electron chi connectivity index (χ4n) is 7.12. The molecule has 2 unspecified atom stereocenters. The van der Waals surface area contributed by atoms with E-state index in [9.17, 15) is 9.90 Å². The zero-order valence-electron chi connectivity index (χ0n) is 25.3. The van der Waals surface area contributed by atoms with E-state index in [1.54, 1.807) is 0 Å². The number of methoxy groups -OCH3 is 1. The van der Waals surface area contributed by atoms with Crippen LogP contribution in [0.25, 0.3) is 11.3 Å². The van der Waals surface area contributed by atoms with Gasteiger partial charge in [-0.1, -0.05) is 147 Å². The second-order valence-corrected chi connectivity index (χ2v) is 11.9. The molecule has 2 atom stereocenters. The van der Waals surface area contributed by atoms with Crippen LogP contribution in [0, 0.1) is 11.8 Å². The van der Waals surface area contributed by atoms with Gasteiger partial charge in [-0.25, -0.2) is 4.98 Å². The van der Waals surface area contributed by atoms with Gasteiger partial charge >= 0.3 is 5.97 Å². The summed E-state index contributed by atoms with van der Waals surface area (Å²) in [6.45, 7) is 0. The van der Waals surface area contributed by atoms with E-state index in [1.807, 2.05) is 48.8 Å². The SMILES string of the molecule is COC(=O)C(CC1CCCCC1)C(O)c1ccccc1-c1cn(C(c2ccccc2)(c2ccccc2)c2ccccc2)cn1. The number of hydrogen-bond acceptors (Lipinski definition) is 4. The van der Waals surface area contributed by atoms with Gasteiger partial charge in [0.2, 0.25) is 0 Å². The molecule has 0 radical (unpaired) electrons. The van der Waals surface area contributed by atoms with Crippen LogP contribution in [0.2, 0.25) is 0 Å². The third-order valence-electron chi connectivity index (χ3n) is 9.30. The van der Waals surface area contributed by atoms with Crippen molar-refractivity contribution in [1.82, 2.24) is 9.55 Å². The lowest BCUT2D eigenvalue weighted by Gasteiger charge is -2.37. The molecule has 0 aliphatic heterocycles. The topological polar surface area (TPSA) is 64.3 Å². The molecule has 0 amide bonds. The van der Waals surface area contributed by atoms with Crippen LogP contribution in [0.5, 0.6) is 0 Å². The smallest absolute Gasteiger partial charge is 0.311 e. The number of carbonyl (C=O) groups is 1. The Balaban J connectivity index is 1.46. The normalized spacial score (nSPS) is 15.4. The van der Waals surface area contributed by atoms with Crippen molar-refractivity contribution in [3.8, 4) is 11.3 Å². The highest BCUT2D eigenvalue weighted by Crippen LogP contribution is 2.43. The Kier molecular flexibility index (Phi) is 9.04.